The number of nitrogens with zero attached hydrogens (tertiary/aromatic N) is 2. The fourth-order valence-corrected chi connectivity index (χ4v) is 4.14. The standard InChI is InChI=1S/C16H22N4O5S/c1-11-13(12(2)19-18-11)5-6-17-16(21)14-3-4-15(25-14)26(22,23)20-7-9-24-10-8-20/h3-4H,5-10H2,1-2H3,(H,17,21)(H,18,19). The van der Waals surface area contributed by atoms with E-state index in [4.69, 9.17) is 9.15 Å². The number of sulfonamides is 1. The molecule has 2 N–H and O–H groups in total. The van der Waals surface area contributed by atoms with Crippen LogP contribution in [-0.2, 0) is 21.2 Å². The number of nitrogens with one attached hydrogen (secondary N) is 2. The summed E-state index contributed by atoms with van der Waals surface area (Å²) in [5, 5.41) is 9.51. The summed E-state index contributed by atoms with van der Waals surface area (Å²) in [5.41, 5.74) is 2.92. The second kappa shape index (κ2) is 7.60. The lowest BCUT2D eigenvalue weighted by atomic mass is 10.1. The van der Waals surface area contributed by atoms with Gasteiger partial charge >= 0.3 is 0 Å². The molecule has 142 valence electrons. The zero-order valence-electron chi connectivity index (χ0n) is 14.7. The number of carbonyl (C=O) groups is 1. The van der Waals surface area contributed by atoms with Gasteiger partial charge in [0.2, 0.25) is 5.09 Å². The molecule has 26 heavy (non-hydrogen) atoms. The highest BCUT2D eigenvalue weighted by molar-refractivity contribution is 7.89. The van der Waals surface area contributed by atoms with Gasteiger partial charge in [0.05, 0.1) is 18.9 Å². The van der Waals surface area contributed by atoms with E-state index in [1.54, 1.807) is 0 Å². The smallest absolute Gasteiger partial charge is 0.287 e. The summed E-state index contributed by atoms with van der Waals surface area (Å²) in [6, 6.07) is 2.68. The maximum absolute atomic E-state index is 12.5. The molecule has 10 heteroatoms. The first-order valence-corrected chi connectivity index (χ1v) is 9.80. The summed E-state index contributed by atoms with van der Waals surface area (Å²) < 4.78 is 36.8. The van der Waals surface area contributed by atoms with Crippen LogP contribution in [0.2, 0.25) is 0 Å². The SMILES string of the molecule is Cc1n[nH]c(C)c1CCNC(=O)c1ccc(S(=O)(=O)N2CCOCC2)o1. The minimum atomic E-state index is -3.75. The van der Waals surface area contributed by atoms with Crippen molar-refractivity contribution in [1.29, 1.82) is 0 Å². The molecule has 0 spiro atoms. The number of morpholine rings is 1. The average Bonchev–Trinajstić information content (AvgIpc) is 3.25. The van der Waals surface area contributed by atoms with Crippen molar-refractivity contribution in [2.75, 3.05) is 32.8 Å². The number of aromatic nitrogens is 2. The van der Waals surface area contributed by atoms with E-state index in [0.717, 1.165) is 17.0 Å². The minimum absolute atomic E-state index is 0.0301. The highest BCUT2D eigenvalue weighted by Crippen LogP contribution is 2.20. The van der Waals surface area contributed by atoms with Crippen molar-refractivity contribution >= 4 is 15.9 Å². The Morgan fingerprint density at radius 2 is 2.04 bits per heavy atom. The van der Waals surface area contributed by atoms with E-state index in [9.17, 15) is 13.2 Å². The van der Waals surface area contributed by atoms with Gasteiger partial charge < -0.3 is 14.5 Å². The molecule has 2 aromatic rings. The van der Waals surface area contributed by atoms with Gasteiger partial charge in [-0.1, -0.05) is 0 Å². The first-order valence-electron chi connectivity index (χ1n) is 8.36. The van der Waals surface area contributed by atoms with Crippen LogP contribution in [0.4, 0.5) is 0 Å². The van der Waals surface area contributed by atoms with Crippen molar-refractivity contribution in [2.45, 2.75) is 25.4 Å². The van der Waals surface area contributed by atoms with Gasteiger partial charge in [-0.2, -0.15) is 9.40 Å². The normalized spacial score (nSPS) is 15.9. The molecule has 1 saturated heterocycles. The lowest BCUT2D eigenvalue weighted by Gasteiger charge is -2.24. The first-order chi connectivity index (χ1) is 12.4. The molecule has 0 aromatic carbocycles. The third kappa shape index (κ3) is 3.81. The number of rotatable bonds is 6. The van der Waals surface area contributed by atoms with Gasteiger partial charge in [0, 0.05) is 25.3 Å². The number of furan rings is 1. The van der Waals surface area contributed by atoms with E-state index in [-0.39, 0.29) is 23.9 Å². The number of H-pyrrole nitrogens is 1. The van der Waals surface area contributed by atoms with Gasteiger partial charge in [-0.3, -0.25) is 9.89 Å². The second-order valence-electron chi connectivity index (χ2n) is 6.05. The van der Waals surface area contributed by atoms with Gasteiger partial charge in [0.15, 0.2) is 5.76 Å². The van der Waals surface area contributed by atoms with Crippen molar-refractivity contribution in [1.82, 2.24) is 19.8 Å². The molecule has 0 atom stereocenters. The van der Waals surface area contributed by atoms with Crippen LogP contribution in [0.1, 0.15) is 27.5 Å². The first kappa shape index (κ1) is 18.6. The minimum Gasteiger partial charge on any atom is -0.438 e. The van der Waals surface area contributed by atoms with Crippen LogP contribution in [0, 0.1) is 13.8 Å². The lowest BCUT2D eigenvalue weighted by Crippen LogP contribution is -2.40. The molecule has 9 nitrogen and oxygen atoms in total. The maximum atomic E-state index is 12.5. The molecule has 1 aliphatic heterocycles. The summed E-state index contributed by atoms with van der Waals surface area (Å²) in [6.45, 7) is 5.46. The van der Waals surface area contributed by atoms with E-state index in [1.807, 2.05) is 13.8 Å². The molecule has 1 amide bonds. The van der Waals surface area contributed by atoms with E-state index < -0.39 is 15.9 Å². The van der Waals surface area contributed by atoms with E-state index in [2.05, 4.69) is 15.5 Å². The fourth-order valence-electron chi connectivity index (χ4n) is 2.83. The van der Waals surface area contributed by atoms with Gasteiger partial charge in [-0.05, 0) is 38.0 Å². The highest BCUT2D eigenvalue weighted by Gasteiger charge is 2.30. The molecular formula is C16H22N4O5S. The molecule has 1 aliphatic rings. The number of hydrogen-bond acceptors (Lipinski definition) is 6. The van der Waals surface area contributed by atoms with Crippen molar-refractivity contribution in [3.05, 3.63) is 34.8 Å². The Labute approximate surface area is 151 Å². The third-order valence-corrected chi connectivity index (χ3v) is 6.08. The third-order valence-electron chi connectivity index (χ3n) is 4.31. The molecular weight excluding hydrogens is 360 g/mol. The van der Waals surface area contributed by atoms with Gasteiger partial charge in [-0.25, -0.2) is 8.42 Å². The molecule has 0 bridgehead atoms. The van der Waals surface area contributed by atoms with Crippen LogP contribution < -0.4 is 5.32 Å². The molecule has 0 aliphatic carbocycles. The van der Waals surface area contributed by atoms with E-state index >= 15 is 0 Å². The van der Waals surface area contributed by atoms with Crippen molar-refractivity contribution in [3.8, 4) is 0 Å². The Morgan fingerprint density at radius 1 is 1.31 bits per heavy atom. The predicted molar refractivity (Wildman–Crippen MR) is 92.4 cm³/mol. The second-order valence-corrected chi connectivity index (χ2v) is 7.92. The number of carbonyl (C=O) groups excluding carboxylic acids is 1. The van der Waals surface area contributed by atoms with Crippen molar-refractivity contribution < 1.29 is 22.4 Å². The van der Waals surface area contributed by atoms with Crippen molar-refractivity contribution in [2.24, 2.45) is 0 Å². The molecule has 0 saturated carbocycles. The molecule has 3 rings (SSSR count). The topological polar surface area (TPSA) is 118 Å². The number of aromatic amines is 1. The van der Waals surface area contributed by atoms with Gasteiger partial charge in [0.25, 0.3) is 15.9 Å². The molecule has 2 aromatic heterocycles. The average molecular weight is 382 g/mol. The van der Waals surface area contributed by atoms with Gasteiger partial charge in [0.1, 0.15) is 0 Å². The number of amides is 1. The Kier molecular flexibility index (Phi) is 5.44. The molecule has 0 radical (unpaired) electrons. The van der Waals surface area contributed by atoms with E-state index in [1.165, 1.54) is 16.4 Å². The van der Waals surface area contributed by atoms with Crippen LogP contribution in [0.5, 0.6) is 0 Å². The summed E-state index contributed by atoms with van der Waals surface area (Å²) in [7, 11) is -3.75. The summed E-state index contributed by atoms with van der Waals surface area (Å²) in [4.78, 5) is 12.2. The molecule has 3 heterocycles. The number of aryl methyl sites for hydroxylation is 2. The van der Waals surface area contributed by atoms with Crippen LogP contribution >= 0.6 is 0 Å². The maximum Gasteiger partial charge on any atom is 0.287 e. The fraction of sp³-hybridized carbons (Fsp3) is 0.500. The van der Waals surface area contributed by atoms with Crippen LogP contribution in [0.3, 0.4) is 0 Å². The summed E-state index contributed by atoms with van der Waals surface area (Å²) in [5.74, 6) is -0.482. The van der Waals surface area contributed by atoms with Crippen molar-refractivity contribution in [3.63, 3.8) is 0 Å². The Hall–Kier alpha value is -2.17. The van der Waals surface area contributed by atoms with Gasteiger partial charge in [-0.15, -0.1) is 0 Å². The number of hydrogen-bond donors (Lipinski definition) is 2. The van der Waals surface area contributed by atoms with Crippen LogP contribution in [0.25, 0.3) is 0 Å². The zero-order chi connectivity index (χ0) is 18.7. The summed E-state index contributed by atoms with van der Waals surface area (Å²) in [6.07, 6.45) is 0.625. The Balaban J connectivity index is 1.61. The zero-order valence-corrected chi connectivity index (χ0v) is 15.6. The quantitative estimate of drug-likeness (QED) is 0.756. The Bertz CT molecular complexity index is 861. The van der Waals surface area contributed by atoms with E-state index in [0.29, 0.717) is 26.2 Å². The lowest BCUT2D eigenvalue weighted by molar-refractivity contribution is 0.0722. The molecule has 0 unspecified atom stereocenters. The monoisotopic (exact) mass is 382 g/mol. The largest absolute Gasteiger partial charge is 0.438 e. The molecule has 1 fully saturated rings. The summed E-state index contributed by atoms with van der Waals surface area (Å²) >= 11 is 0. The predicted octanol–water partition coefficient (Wildman–Crippen LogP) is 0.613. The van der Waals surface area contributed by atoms with Crippen LogP contribution in [-0.4, -0.2) is 61.7 Å². The Morgan fingerprint density at radius 3 is 2.69 bits per heavy atom. The number of ether oxygens (including phenoxy) is 1. The van der Waals surface area contributed by atoms with Crippen LogP contribution in [0.15, 0.2) is 21.6 Å². The highest BCUT2D eigenvalue weighted by atomic mass is 32.2.